The minimum atomic E-state index is -2.95. The molecule has 0 heterocycles. The zero-order chi connectivity index (χ0) is 18.2. The number of para-hydroxylation sites is 2. The summed E-state index contributed by atoms with van der Waals surface area (Å²) in [6.45, 7) is -2.95. The van der Waals surface area contributed by atoms with Gasteiger partial charge in [-0.05, 0) is 35.9 Å². The smallest absolute Gasteiger partial charge is 0.387 e. The molecule has 0 aliphatic heterocycles. The summed E-state index contributed by atoms with van der Waals surface area (Å²) >= 11 is 0. The molecule has 0 atom stereocenters. The van der Waals surface area contributed by atoms with E-state index in [2.05, 4.69) is 4.74 Å². The summed E-state index contributed by atoms with van der Waals surface area (Å²) in [7, 11) is 2.80. The predicted octanol–water partition coefficient (Wildman–Crippen LogP) is 3.92. The van der Waals surface area contributed by atoms with Gasteiger partial charge in [0, 0.05) is 6.08 Å². The summed E-state index contributed by atoms with van der Waals surface area (Å²) in [6, 6.07) is 11.0. The van der Waals surface area contributed by atoms with E-state index in [1.54, 1.807) is 24.3 Å². The zero-order valence-corrected chi connectivity index (χ0v) is 13.6. The van der Waals surface area contributed by atoms with Crippen molar-refractivity contribution in [3.63, 3.8) is 0 Å². The van der Waals surface area contributed by atoms with Crippen LogP contribution in [0.1, 0.15) is 5.56 Å². The van der Waals surface area contributed by atoms with E-state index in [9.17, 15) is 13.6 Å². The third kappa shape index (κ3) is 5.20. The van der Waals surface area contributed by atoms with Crippen LogP contribution in [0.4, 0.5) is 8.78 Å². The molecule has 0 spiro atoms. The molecule has 0 fully saturated rings. The van der Waals surface area contributed by atoms with Crippen molar-refractivity contribution in [2.45, 2.75) is 6.61 Å². The molecule has 0 saturated heterocycles. The van der Waals surface area contributed by atoms with Crippen LogP contribution in [0.15, 0.2) is 48.5 Å². The van der Waals surface area contributed by atoms with Gasteiger partial charge in [-0.25, -0.2) is 4.79 Å². The van der Waals surface area contributed by atoms with Crippen LogP contribution in [-0.2, 0) is 4.79 Å². The van der Waals surface area contributed by atoms with Gasteiger partial charge in [-0.1, -0.05) is 18.2 Å². The number of ether oxygens (including phenoxy) is 4. The average molecular weight is 350 g/mol. The molecule has 0 saturated carbocycles. The molecule has 0 amide bonds. The van der Waals surface area contributed by atoms with Gasteiger partial charge < -0.3 is 18.9 Å². The molecule has 0 N–H and O–H groups in total. The minimum absolute atomic E-state index is 0.0914. The van der Waals surface area contributed by atoms with E-state index in [4.69, 9.17) is 14.2 Å². The van der Waals surface area contributed by atoms with Crippen LogP contribution in [0.25, 0.3) is 6.08 Å². The summed E-state index contributed by atoms with van der Waals surface area (Å²) in [5, 5.41) is 0. The van der Waals surface area contributed by atoms with Crippen molar-refractivity contribution in [3.05, 3.63) is 54.1 Å². The highest BCUT2D eigenvalue weighted by atomic mass is 19.3. The summed E-state index contributed by atoms with van der Waals surface area (Å²) in [5.41, 5.74) is 0.551. The lowest BCUT2D eigenvalue weighted by Crippen LogP contribution is -2.05. The quantitative estimate of drug-likeness (QED) is 0.430. The molecule has 2 aromatic rings. The highest BCUT2D eigenvalue weighted by Crippen LogP contribution is 2.30. The highest BCUT2D eigenvalue weighted by molar-refractivity contribution is 5.89. The van der Waals surface area contributed by atoms with E-state index in [1.165, 1.54) is 44.6 Å². The van der Waals surface area contributed by atoms with Gasteiger partial charge in [0.2, 0.25) is 0 Å². The first-order valence-electron chi connectivity index (χ1n) is 7.19. The number of carbonyl (C=O) groups is 1. The molecule has 2 aromatic carbocycles. The first-order chi connectivity index (χ1) is 12.0. The van der Waals surface area contributed by atoms with E-state index in [1.807, 2.05) is 0 Å². The zero-order valence-electron chi connectivity index (χ0n) is 13.6. The molecule has 0 radical (unpaired) electrons. The number of hydrogen-bond acceptors (Lipinski definition) is 5. The molecular weight excluding hydrogens is 334 g/mol. The molecule has 0 bridgehead atoms. The molecule has 0 aliphatic carbocycles. The Balaban J connectivity index is 2.09. The fraction of sp³-hybridized carbons (Fsp3) is 0.167. The Hall–Kier alpha value is -3.09. The lowest BCUT2D eigenvalue weighted by Gasteiger charge is -2.10. The second-order valence-corrected chi connectivity index (χ2v) is 4.69. The van der Waals surface area contributed by atoms with Gasteiger partial charge in [0.05, 0.1) is 14.2 Å². The molecule has 7 heteroatoms. The van der Waals surface area contributed by atoms with Gasteiger partial charge in [-0.15, -0.1) is 0 Å². The summed E-state index contributed by atoms with van der Waals surface area (Å²) in [4.78, 5) is 11.9. The minimum Gasteiger partial charge on any atom is -0.493 e. The Labute approximate surface area is 143 Å². The van der Waals surface area contributed by atoms with Crippen molar-refractivity contribution < 1.29 is 32.5 Å². The third-order valence-electron chi connectivity index (χ3n) is 3.10. The fourth-order valence-electron chi connectivity index (χ4n) is 1.99. The van der Waals surface area contributed by atoms with Gasteiger partial charge in [0.25, 0.3) is 0 Å². The Morgan fingerprint density at radius 2 is 1.64 bits per heavy atom. The molecule has 132 valence electrons. The molecular formula is C18H16F2O5. The van der Waals surface area contributed by atoms with E-state index in [0.29, 0.717) is 11.3 Å². The van der Waals surface area contributed by atoms with Gasteiger partial charge in [0.15, 0.2) is 23.0 Å². The van der Waals surface area contributed by atoms with Crippen LogP contribution in [0.2, 0.25) is 0 Å². The Kier molecular flexibility index (Phi) is 6.33. The SMILES string of the molecule is COc1ccccc1OC(=O)/C=C/c1ccc(OC(F)F)c(OC)c1. The van der Waals surface area contributed by atoms with Crippen molar-refractivity contribution in [3.8, 4) is 23.0 Å². The summed E-state index contributed by atoms with van der Waals surface area (Å²) < 4.78 is 44.2. The first kappa shape index (κ1) is 18.3. The van der Waals surface area contributed by atoms with Crippen molar-refractivity contribution in [2.24, 2.45) is 0 Å². The number of carbonyl (C=O) groups excluding carboxylic acids is 1. The normalized spacial score (nSPS) is 10.8. The van der Waals surface area contributed by atoms with Gasteiger partial charge in [0.1, 0.15) is 0 Å². The Bertz CT molecular complexity index is 759. The number of rotatable bonds is 7. The predicted molar refractivity (Wildman–Crippen MR) is 87.3 cm³/mol. The number of esters is 1. The lowest BCUT2D eigenvalue weighted by atomic mass is 10.2. The van der Waals surface area contributed by atoms with Gasteiger partial charge >= 0.3 is 12.6 Å². The van der Waals surface area contributed by atoms with Crippen molar-refractivity contribution >= 4 is 12.0 Å². The molecule has 0 aliphatic rings. The van der Waals surface area contributed by atoms with Crippen LogP contribution in [-0.4, -0.2) is 26.8 Å². The van der Waals surface area contributed by atoms with E-state index in [0.717, 1.165) is 0 Å². The molecule has 0 unspecified atom stereocenters. The van der Waals surface area contributed by atoms with Crippen molar-refractivity contribution in [1.82, 2.24) is 0 Å². The van der Waals surface area contributed by atoms with E-state index >= 15 is 0 Å². The van der Waals surface area contributed by atoms with E-state index in [-0.39, 0.29) is 17.2 Å². The third-order valence-corrected chi connectivity index (χ3v) is 3.10. The molecule has 5 nitrogen and oxygen atoms in total. The van der Waals surface area contributed by atoms with Crippen molar-refractivity contribution in [2.75, 3.05) is 14.2 Å². The number of halogens is 2. The first-order valence-corrected chi connectivity index (χ1v) is 7.19. The second kappa shape index (κ2) is 8.68. The maximum Gasteiger partial charge on any atom is 0.387 e. The number of methoxy groups -OCH3 is 2. The van der Waals surface area contributed by atoms with Crippen LogP contribution in [0.5, 0.6) is 23.0 Å². The van der Waals surface area contributed by atoms with Crippen LogP contribution >= 0.6 is 0 Å². The summed E-state index contributed by atoms with van der Waals surface area (Å²) in [5.74, 6) is 0.139. The van der Waals surface area contributed by atoms with Crippen LogP contribution in [0, 0.1) is 0 Å². The maximum absolute atomic E-state index is 12.3. The molecule has 0 aromatic heterocycles. The number of hydrogen-bond donors (Lipinski definition) is 0. The van der Waals surface area contributed by atoms with Gasteiger partial charge in [-0.2, -0.15) is 8.78 Å². The largest absolute Gasteiger partial charge is 0.493 e. The van der Waals surface area contributed by atoms with E-state index < -0.39 is 12.6 Å². The Morgan fingerprint density at radius 3 is 2.28 bits per heavy atom. The average Bonchev–Trinajstić information content (AvgIpc) is 2.60. The maximum atomic E-state index is 12.3. The second-order valence-electron chi connectivity index (χ2n) is 4.69. The molecule has 2 rings (SSSR count). The molecule has 25 heavy (non-hydrogen) atoms. The monoisotopic (exact) mass is 350 g/mol. The highest BCUT2D eigenvalue weighted by Gasteiger charge is 2.11. The lowest BCUT2D eigenvalue weighted by molar-refractivity contribution is -0.129. The summed E-state index contributed by atoms with van der Waals surface area (Å²) in [6.07, 6.45) is 2.67. The Morgan fingerprint density at radius 1 is 0.960 bits per heavy atom. The van der Waals surface area contributed by atoms with Crippen LogP contribution < -0.4 is 18.9 Å². The van der Waals surface area contributed by atoms with Crippen molar-refractivity contribution in [1.29, 1.82) is 0 Å². The fourth-order valence-corrected chi connectivity index (χ4v) is 1.99. The van der Waals surface area contributed by atoms with Crippen LogP contribution in [0.3, 0.4) is 0 Å². The number of benzene rings is 2. The number of alkyl halides is 2. The topological polar surface area (TPSA) is 54.0 Å². The van der Waals surface area contributed by atoms with Gasteiger partial charge in [-0.3, -0.25) is 0 Å². The standard InChI is InChI=1S/C18H16F2O5/c1-22-13-5-3-4-6-14(13)24-17(21)10-8-12-7-9-15(25-18(19)20)16(11-12)23-2/h3-11,18H,1-2H3/b10-8+.